The van der Waals surface area contributed by atoms with Gasteiger partial charge in [-0.05, 0) is 57.2 Å². The normalized spacial score (nSPS) is 27.8. The molecule has 1 N–H and O–H groups in total. The first-order valence-electron chi connectivity index (χ1n) is 9.41. The molecule has 3 atom stereocenters. The molecule has 134 valence electrons. The average molecular weight is 332 g/mol. The van der Waals surface area contributed by atoms with Crippen molar-refractivity contribution in [2.45, 2.75) is 58.4 Å². The first-order valence-corrected chi connectivity index (χ1v) is 9.41. The van der Waals surface area contributed by atoms with Gasteiger partial charge in [-0.2, -0.15) is 0 Å². The van der Waals surface area contributed by atoms with E-state index in [0.717, 1.165) is 45.7 Å². The van der Waals surface area contributed by atoms with Crippen molar-refractivity contribution in [3.63, 3.8) is 0 Å². The number of morpholine rings is 1. The number of rotatable bonds is 5. The maximum absolute atomic E-state index is 5.83. The fraction of sp³-hybridized carbons (Fsp3) is 0.700. The molecule has 0 bridgehead atoms. The zero-order valence-electron chi connectivity index (χ0n) is 15.3. The zero-order valence-corrected chi connectivity index (χ0v) is 15.3. The molecule has 2 aliphatic rings. The van der Waals surface area contributed by atoms with Crippen molar-refractivity contribution in [2.24, 2.45) is 5.92 Å². The molecule has 3 rings (SSSR count). The smallest absolute Gasteiger partial charge is 0.0678 e. The predicted octanol–water partition coefficient (Wildman–Crippen LogP) is 3.52. The Balaban J connectivity index is 1.57. The van der Waals surface area contributed by atoms with Crippen LogP contribution in [0, 0.1) is 5.92 Å². The summed E-state index contributed by atoms with van der Waals surface area (Å²) in [4.78, 5) is 2.50. The Morgan fingerprint density at radius 2 is 1.88 bits per heavy atom. The van der Waals surface area contributed by atoms with E-state index in [1.807, 2.05) is 0 Å². The quantitative estimate of drug-likeness (QED) is 0.894. The summed E-state index contributed by atoms with van der Waals surface area (Å²) in [6.07, 6.45) is 2.97. The predicted molar refractivity (Wildman–Crippen MR) is 98.4 cm³/mol. The molecule has 0 aliphatic carbocycles. The summed E-state index contributed by atoms with van der Waals surface area (Å²) in [6, 6.07) is 9.38. The third-order valence-corrected chi connectivity index (χ3v) is 5.20. The topological polar surface area (TPSA) is 33.7 Å². The molecule has 2 fully saturated rings. The van der Waals surface area contributed by atoms with E-state index in [4.69, 9.17) is 9.47 Å². The molecule has 0 unspecified atom stereocenters. The summed E-state index contributed by atoms with van der Waals surface area (Å²) in [6.45, 7) is 11.5. The van der Waals surface area contributed by atoms with Crippen LogP contribution >= 0.6 is 0 Å². The van der Waals surface area contributed by atoms with Crippen LogP contribution < -0.4 is 5.32 Å². The van der Waals surface area contributed by atoms with E-state index < -0.39 is 0 Å². The molecule has 2 saturated heterocycles. The molecular weight excluding hydrogens is 300 g/mol. The Bertz CT molecular complexity index is 506. The van der Waals surface area contributed by atoms with Crippen molar-refractivity contribution in [3.8, 4) is 0 Å². The number of hydrogen-bond acceptors (Lipinski definition) is 4. The molecule has 4 nitrogen and oxygen atoms in total. The Hall–Kier alpha value is -1.10. The first kappa shape index (κ1) is 17.7. The SMILES string of the molecule is C[C@@H]1CN(Cc2cccc(N[C@H](C)C3CCOCC3)c2)C[C@@H](C)O1. The van der Waals surface area contributed by atoms with Gasteiger partial charge in [0.1, 0.15) is 0 Å². The van der Waals surface area contributed by atoms with E-state index in [2.05, 4.69) is 55.3 Å². The van der Waals surface area contributed by atoms with Crippen molar-refractivity contribution >= 4 is 5.69 Å². The zero-order chi connectivity index (χ0) is 16.9. The summed E-state index contributed by atoms with van der Waals surface area (Å²) in [7, 11) is 0. The highest BCUT2D eigenvalue weighted by Crippen LogP contribution is 2.23. The summed E-state index contributed by atoms with van der Waals surface area (Å²) < 4.78 is 11.3. The highest BCUT2D eigenvalue weighted by Gasteiger charge is 2.23. The lowest BCUT2D eigenvalue weighted by Gasteiger charge is -2.35. The van der Waals surface area contributed by atoms with Crippen LogP contribution in [0.15, 0.2) is 24.3 Å². The third-order valence-electron chi connectivity index (χ3n) is 5.20. The van der Waals surface area contributed by atoms with Crippen LogP contribution in [0.3, 0.4) is 0 Å². The van der Waals surface area contributed by atoms with Gasteiger partial charge in [0.15, 0.2) is 0 Å². The van der Waals surface area contributed by atoms with Crippen LogP contribution in [0.2, 0.25) is 0 Å². The Labute approximate surface area is 146 Å². The molecule has 0 aromatic heterocycles. The van der Waals surface area contributed by atoms with Crippen molar-refractivity contribution < 1.29 is 9.47 Å². The van der Waals surface area contributed by atoms with E-state index in [0.29, 0.717) is 24.2 Å². The van der Waals surface area contributed by atoms with Crippen molar-refractivity contribution in [2.75, 3.05) is 31.6 Å². The Kier molecular flexibility index (Phi) is 6.14. The van der Waals surface area contributed by atoms with Crippen LogP contribution in [0.1, 0.15) is 39.2 Å². The van der Waals surface area contributed by atoms with Crippen LogP contribution in [0.5, 0.6) is 0 Å². The maximum Gasteiger partial charge on any atom is 0.0678 e. The summed E-state index contributed by atoms with van der Waals surface area (Å²) >= 11 is 0. The number of nitrogens with zero attached hydrogens (tertiary/aromatic N) is 1. The summed E-state index contributed by atoms with van der Waals surface area (Å²) in [5, 5.41) is 3.71. The lowest BCUT2D eigenvalue weighted by molar-refractivity contribution is -0.0704. The first-order chi connectivity index (χ1) is 11.6. The van der Waals surface area contributed by atoms with Crippen molar-refractivity contribution in [1.82, 2.24) is 4.90 Å². The number of benzene rings is 1. The highest BCUT2D eigenvalue weighted by molar-refractivity contribution is 5.46. The van der Waals surface area contributed by atoms with E-state index in [1.54, 1.807) is 0 Å². The molecule has 1 aromatic carbocycles. The fourth-order valence-electron chi connectivity index (χ4n) is 4.03. The molecule has 2 heterocycles. The minimum absolute atomic E-state index is 0.323. The van der Waals surface area contributed by atoms with Crippen LogP contribution in [-0.2, 0) is 16.0 Å². The van der Waals surface area contributed by atoms with Crippen molar-refractivity contribution in [1.29, 1.82) is 0 Å². The molecule has 0 amide bonds. The van der Waals surface area contributed by atoms with Gasteiger partial charge in [0, 0.05) is 44.6 Å². The Morgan fingerprint density at radius 1 is 1.17 bits per heavy atom. The molecular formula is C20H32N2O2. The van der Waals surface area contributed by atoms with Gasteiger partial charge in [0.25, 0.3) is 0 Å². The number of hydrogen-bond donors (Lipinski definition) is 1. The lowest BCUT2D eigenvalue weighted by Crippen LogP contribution is -2.44. The molecule has 24 heavy (non-hydrogen) atoms. The highest BCUT2D eigenvalue weighted by atomic mass is 16.5. The number of anilines is 1. The van der Waals surface area contributed by atoms with E-state index in [9.17, 15) is 0 Å². The van der Waals surface area contributed by atoms with E-state index >= 15 is 0 Å². The number of nitrogens with one attached hydrogen (secondary N) is 1. The van der Waals surface area contributed by atoms with E-state index in [-0.39, 0.29) is 0 Å². The maximum atomic E-state index is 5.83. The minimum atomic E-state index is 0.323. The van der Waals surface area contributed by atoms with Gasteiger partial charge in [-0.3, -0.25) is 4.90 Å². The largest absolute Gasteiger partial charge is 0.382 e. The third kappa shape index (κ3) is 4.95. The van der Waals surface area contributed by atoms with Crippen LogP contribution in [0.4, 0.5) is 5.69 Å². The second-order valence-electron chi connectivity index (χ2n) is 7.53. The van der Waals surface area contributed by atoms with Gasteiger partial charge in [-0.15, -0.1) is 0 Å². The standard InChI is InChI=1S/C20H32N2O2/c1-15-12-22(13-16(2)24-15)14-18-5-4-6-20(11-18)21-17(3)19-7-9-23-10-8-19/h4-6,11,15-17,19,21H,7-10,12-14H2,1-3H3/t15-,16-,17-/m1/s1. The fourth-order valence-corrected chi connectivity index (χ4v) is 4.03. The lowest BCUT2D eigenvalue weighted by atomic mass is 9.93. The van der Waals surface area contributed by atoms with Crippen LogP contribution in [-0.4, -0.2) is 49.5 Å². The van der Waals surface area contributed by atoms with Gasteiger partial charge < -0.3 is 14.8 Å². The summed E-state index contributed by atoms with van der Waals surface area (Å²) in [5.41, 5.74) is 2.61. The average Bonchev–Trinajstić information content (AvgIpc) is 2.55. The summed E-state index contributed by atoms with van der Waals surface area (Å²) in [5.74, 6) is 0.711. The second-order valence-corrected chi connectivity index (χ2v) is 7.53. The second kappa shape index (κ2) is 8.32. The monoisotopic (exact) mass is 332 g/mol. The van der Waals surface area contributed by atoms with Crippen LogP contribution in [0.25, 0.3) is 0 Å². The van der Waals surface area contributed by atoms with Gasteiger partial charge in [-0.25, -0.2) is 0 Å². The molecule has 1 aromatic rings. The number of ether oxygens (including phenoxy) is 2. The van der Waals surface area contributed by atoms with Gasteiger partial charge in [-0.1, -0.05) is 12.1 Å². The van der Waals surface area contributed by atoms with Gasteiger partial charge in [0.05, 0.1) is 12.2 Å². The van der Waals surface area contributed by atoms with Gasteiger partial charge in [0.2, 0.25) is 0 Å². The molecule has 0 spiro atoms. The Morgan fingerprint density at radius 3 is 2.58 bits per heavy atom. The molecule has 0 saturated carbocycles. The molecule has 0 radical (unpaired) electrons. The minimum Gasteiger partial charge on any atom is -0.382 e. The van der Waals surface area contributed by atoms with Gasteiger partial charge >= 0.3 is 0 Å². The molecule has 2 aliphatic heterocycles. The van der Waals surface area contributed by atoms with Crippen molar-refractivity contribution in [3.05, 3.63) is 29.8 Å². The van der Waals surface area contributed by atoms with E-state index in [1.165, 1.54) is 11.3 Å². The molecule has 4 heteroatoms.